The van der Waals surface area contributed by atoms with Crippen molar-refractivity contribution in [3.63, 3.8) is 0 Å². The van der Waals surface area contributed by atoms with E-state index in [4.69, 9.17) is 0 Å². The molecule has 0 bridgehead atoms. The van der Waals surface area contributed by atoms with Crippen molar-refractivity contribution in [3.05, 3.63) is 36.0 Å². The molecular formula is C19H26N4O. The average Bonchev–Trinajstić information content (AvgIpc) is 3.13. The number of nitrogens with zero attached hydrogens (tertiary/aromatic N) is 1. The van der Waals surface area contributed by atoms with E-state index in [1.54, 1.807) is 0 Å². The number of hydrogen-bond donors (Lipinski definition) is 3. The van der Waals surface area contributed by atoms with Crippen LogP contribution in [0.4, 0.5) is 0 Å². The molecule has 1 aliphatic heterocycles. The van der Waals surface area contributed by atoms with Crippen LogP contribution in [0.15, 0.2) is 30.5 Å². The molecule has 1 amide bonds. The third-order valence-corrected chi connectivity index (χ3v) is 5.16. The van der Waals surface area contributed by atoms with Gasteiger partial charge in [0.15, 0.2) is 0 Å². The van der Waals surface area contributed by atoms with Crippen LogP contribution in [0.1, 0.15) is 44.6 Å². The van der Waals surface area contributed by atoms with Crippen molar-refractivity contribution in [2.75, 3.05) is 0 Å². The van der Waals surface area contributed by atoms with Crippen LogP contribution in [0.2, 0.25) is 0 Å². The highest BCUT2D eigenvalue weighted by molar-refractivity contribution is 5.83. The Hall–Kier alpha value is -1.85. The van der Waals surface area contributed by atoms with Crippen LogP contribution in [0.25, 0.3) is 10.9 Å². The van der Waals surface area contributed by atoms with Crippen LogP contribution in [0.5, 0.6) is 0 Å². The van der Waals surface area contributed by atoms with E-state index >= 15 is 0 Å². The molecule has 0 spiro atoms. The maximum absolute atomic E-state index is 13.0. The van der Waals surface area contributed by atoms with Gasteiger partial charge in [-0.25, -0.2) is 5.43 Å². The number of nitrogens with one attached hydrogen (secondary N) is 3. The highest BCUT2D eigenvalue weighted by atomic mass is 16.2. The number of H-pyrrole nitrogens is 1. The Bertz CT molecular complexity index is 721. The SMILES string of the molecule is CCCC1CC(C(=O)N(Cc2ccc3[nH]ccc3c2)C2CC2)NN1. The monoisotopic (exact) mass is 326 g/mol. The first-order valence-electron chi connectivity index (χ1n) is 9.12. The van der Waals surface area contributed by atoms with Crippen LogP contribution >= 0.6 is 0 Å². The van der Waals surface area contributed by atoms with E-state index in [-0.39, 0.29) is 11.9 Å². The van der Waals surface area contributed by atoms with Gasteiger partial charge in [0.25, 0.3) is 0 Å². The summed E-state index contributed by atoms with van der Waals surface area (Å²) in [6.07, 6.45) is 7.38. The van der Waals surface area contributed by atoms with Crippen molar-refractivity contribution in [2.45, 2.75) is 63.7 Å². The average molecular weight is 326 g/mol. The first-order valence-corrected chi connectivity index (χ1v) is 9.12. The number of amides is 1. The van der Waals surface area contributed by atoms with Crippen molar-refractivity contribution in [3.8, 4) is 0 Å². The van der Waals surface area contributed by atoms with E-state index in [1.165, 1.54) is 10.9 Å². The fraction of sp³-hybridized carbons (Fsp3) is 0.526. The summed E-state index contributed by atoms with van der Waals surface area (Å²) in [6, 6.07) is 9.26. The minimum atomic E-state index is -0.0851. The van der Waals surface area contributed by atoms with E-state index in [1.807, 2.05) is 6.20 Å². The molecule has 2 heterocycles. The zero-order chi connectivity index (χ0) is 16.5. The molecule has 2 aliphatic rings. The summed E-state index contributed by atoms with van der Waals surface area (Å²) in [4.78, 5) is 18.3. The lowest BCUT2D eigenvalue weighted by Crippen LogP contribution is -2.46. The maximum atomic E-state index is 13.0. The molecule has 5 nitrogen and oxygen atoms in total. The Balaban J connectivity index is 1.47. The van der Waals surface area contributed by atoms with Gasteiger partial charge in [-0.3, -0.25) is 10.2 Å². The third-order valence-electron chi connectivity index (χ3n) is 5.16. The summed E-state index contributed by atoms with van der Waals surface area (Å²) in [5, 5.41) is 1.21. The van der Waals surface area contributed by atoms with Gasteiger partial charge in [-0.2, -0.15) is 0 Å². The van der Waals surface area contributed by atoms with E-state index in [9.17, 15) is 4.79 Å². The van der Waals surface area contributed by atoms with Gasteiger partial charge in [0.1, 0.15) is 6.04 Å². The maximum Gasteiger partial charge on any atom is 0.241 e. The molecule has 4 rings (SSSR count). The first kappa shape index (κ1) is 15.7. The predicted molar refractivity (Wildman–Crippen MR) is 95.2 cm³/mol. The number of hydrazine groups is 1. The van der Waals surface area contributed by atoms with Gasteiger partial charge in [0, 0.05) is 30.3 Å². The second-order valence-corrected chi connectivity index (χ2v) is 7.16. The number of aromatic nitrogens is 1. The van der Waals surface area contributed by atoms with Crippen LogP contribution in [0.3, 0.4) is 0 Å². The first-order chi connectivity index (χ1) is 11.7. The highest BCUT2D eigenvalue weighted by Crippen LogP contribution is 2.30. The van der Waals surface area contributed by atoms with E-state index < -0.39 is 0 Å². The Kier molecular flexibility index (Phi) is 4.29. The molecule has 128 valence electrons. The van der Waals surface area contributed by atoms with Crippen molar-refractivity contribution in [2.24, 2.45) is 0 Å². The van der Waals surface area contributed by atoms with Crippen LogP contribution < -0.4 is 10.9 Å². The molecule has 2 atom stereocenters. The second-order valence-electron chi connectivity index (χ2n) is 7.16. The molecule has 1 aromatic carbocycles. The molecule has 2 fully saturated rings. The summed E-state index contributed by atoms with van der Waals surface area (Å²) in [5.74, 6) is 0.248. The van der Waals surface area contributed by atoms with Crippen molar-refractivity contribution in [1.82, 2.24) is 20.7 Å². The topological polar surface area (TPSA) is 60.2 Å². The molecule has 2 aromatic rings. The number of rotatable bonds is 6. The Labute approximate surface area is 142 Å². The number of benzene rings is 1. The standard InChI is InChI=1S/C19H26N4O/c1-2-3-15-11-18(22-21-15)19(24)23(16-5-6-16)12-13-4-7-17-14(10-13)8-9-20-17/h4,7-10,15-16,18,20-22H,2-3,5-6,11-12H2,1H3. The van der Waals surface area contributed by atoms with Gasteiger partial charge < -0.3 is 9.88 Å². The third kappa shape index (κ3) is 3.19. The zero-order valence-electron chi connectivity index (χ0n) is 14.2. The molecule has 0 radical (unpaired) electrons. The van der Waals surface area contributed by atoms with E-state index in [0.29, 0.717) is 18.6 Å². The minimum absolute atomic E-state index is 0.0851. The fourth-order valence-electron chi connectivity index (χ4n) is 3.69. The van der Waals surface area contributed by atoms with E-state index in [2.05, 4.69) is 51.9 Å². The molecule has 1 saturated heterocycles. The van der Waals surface area contributed by atoms with Gasteiger partial charge in [-0.1, -0.05) is 19.4 Å². The molecule has 2 unspecified atom stereocenters. The van der Waals surface area contributed by atoms with Crippen LogP contribution in [0, 0.1) is 0 Å². The van der Waals surface area contributed by atoms with Crippen molar-refractivity contribution < 1.29 is 4.79 Å². The quantitative estimate of drug-likeness (QED) is 0.765. The van der Waals surface area contributed by atoms with Gasteiger partial charge in [-0.05, 0) is 54.8 Å². The zero-order valence-corrected chi connectivity index (χ0v) is 14.2. The van der Waals surface area contributed by atoms with Crippen LogP contribution in [-0.2, 0) is 11.3 Å². The van der Waals surface area contributed by atoms with Gasteiger partial charge in [0.2, 0.25) is 5.91 Å². The molecule has 5 heteroatoms. The van der Waals surface area contributed by atoms with Crippen LogP contribution in [-0.4, -0.2) is 33.9 Å². The summed E-state index contributed by atoms with van der Waals surface area (Å²) in [5.41, 5.74) is 8.86. The number of carbonyl (C=O) groups excluding carboxylic acids is 1. The van der Waals surface area contributed by atoms with Crippen molar-refractivity contribution in [1.29, 1.82) is 0 Å². The lowest BCUT2D eigenvalue weighted by atomic mass is 10.0. The fourth-order valence-corrected chi connectivity index (χ4v) is 3.69. The molecule has 1 aromatic heterocycles. The molecular weight excluding hydrogens is 300 g/mol. The Morgan fingerprint density at radius 2 is 2.12 bits per heavy atom. The lowest BCUT2D eigenvalue weighted by Gasteiger charge is -2.25. The van der Waals surface area contributed by atoms with E-state index in [0.717, 1.165) is 37.6 Å². The molecule has 1 saturated carbocycles. The Morgan fingerprint density at radius 3 is 2.92 bits per heavy atom. The number of hydrogen-bond acceptors (Lipinski definition) is 3. The second kappa shape index (κ2) is 6.57. The van der Waals surface area contributed by atoms with Gasteiger partial charge in [0.05, 0.1) is 0 Å². The van der Waals surface area contributed by atoms with Crippen molar-refractivity contribution >= 4 is 16.8 Å². The normalized spacial score (nSPS) is 23.7. The number of fused-ring (bicyclic) bond motifs is 1. The summed E-state index contributed by atoms with van der Waals surface area (Å²) in [6.45, 7) is 2.89. The summed E-state index contributed by atoms with van der Waals surface area (Å²) in [7, 11) is 0. The molecule has 24 heavy (non-hydrogen) atoms. The number of carbonyl (C=O) groups is 1. The highest BCUT2D eigenvalue weighted by Gasteiger charge is 2.38. The lowest BCUT2D eigenvalue weighted by molar-refractivity contribution is -0.134. The largest absolute Gasteiger partial charge is 0.361 e. The van der Waals surface area contributed by atoms with Gasteiger partial charge >= 0.3 is 0 Å². The van der Waals surface area contributed by atoms with Gasteiger partial charge in [-0.15, -0.1) is 0 Å². The smallest absolute Gasteiger partial charge is 0.241 e. The molecule has 1 aliphatic carbocycles. The summed E-state index contributed by atoms with van der Waals surface area (Å²) < 4.78 is 0. The molecule has 3 N–H and O–H groups in total. The number of aromatic amines is 1. The minimum Gasteiger partial charge on any atom is -0.361 e. The Morgan fingerprint density at radius 1 is 1.25 bits per heavy atom. The summed E-state index contributed by atoms with van der Waals surface area (Å²) >= 11 is 0. The predicted octanol–water partition coefficient (Wildman–Crippen LogP) is 2.69.